The predicted molar refractivity (Wildman–Crippen MR) is 139 cm³/mol. The highest BCUT2D eigenvalue weighted by Gasteiger charge is 2.17. The third-order valence-corrected chi connectivity index (χ3v) is 6.48. The van der Waals surface area contributed by atoms with Crippen molar-refractivity contribution in [2.45, 2.75) is 6.92 Å². The van der Waals surface area contributed by atoms with E-state index in [4.69, 9.17) is 4.98 Å². The van der Waals surface area contributed by atoms with Crippen LogP contribution in [0, 0.1) is 6.92 Å². The van der Waals surface area contributed by atoms with Crippen LogP contribution in [0.5, 0.6) is 0 Å². The Morgan fingerprint density at radius 1 is 0.812 bits per heavy atom. The SMILES string of the molecule is Cc1cc(Br)cc2c(C(=O)Nc3cccc4ccccc34)cc(-c3ccc(Br)cc3)nc12. The molecule has 1 amide bonds. The maximum absolute atomic E-state index is 13.6. The van der Waals surface area contributed by atoms with E-state index in [1.165, 1.54) is 0 Å². The molecule has 5 heteroatoms. The number of halogens is 2. The number of aryl methyl sites for hydroxylation is 1. The molecule has 5 aromatic rings. The Bertz CT molecular complexity index is 1490. The molecule has 0 unspecified atom stereocenters. The first-order valence-electron chi connectivity index (χ1n) is 10.2. The Balaban J connectivity index is 1.67. The van der Waals surface area contributed by atoms with Gasteiger partial charge in [-0.1, -0.05) is 80.4 Å². The van der Waals surface area contributed by atoms with Gasteiger partial charge in [0.1, 0.15) is 0 Å². The fourth-order valence-electron chi connectivity index (χ4n) is 3.94. The maximum atomic E-state index is 13.6. The van der Waals surface area contributed by atoms with E-state index < -0.39 is 0 Å². The van der Waals surface area contributed by atoms with Crippen molar-refractivity contribution >= 4 is 65.1 Å². The first-order valence-corrected chi connectivity index (χ1v) is 11.7. The fraction of sp³-hybridized carbons (Fsp3) is 0.0370. The summed E-state index contributed by atoms with van der Waals surface area (Å²) in [5.74, 6) is -0.162. The minimum Gasteiger partial charge on any atom is -0.321 e. The Morgan fingerprint density at radius 2 is 1.56 bits per heavy atom. The number of benzene rings is 4. The first-order chi connectivity index (χ1) is 15.5. The van der Waals surface area contributed by atoms with Crippen LogP contribution in [-0.2, 0) is 0 Å². The second-order valence-corrected chi connectivity index (χ2v) is 9.49. The molecule has 156 valence electrons. The molecule has 0 aliphatic heterocycles. The van der Waals surface area contributed by atoms with Crippen molar-refractivity contribution in [2.75, 3.05) is 5.32 Å². The molecule has 3 nitrogen and oxygen atoms in total. The van der Waals surface area contributed by atoms with E-state index in [0.717, 1.165) is 53.1 Å². The van der Waals surface area contributed by atoms with Gasteiger partial charge in [0.15, 0.2) is 0 Å². The van der Waals surface area contributed by atoms with Gasteiger partial charge in [0.2, 0.25) is 0 Å². The minimum atomic E-state index is -0.162. The minimum absolute atomic E-state index is 0.162. The van der Waals surface area contributed by atoms with Crippen molar-refractivity contribution in [3.8, 4) is 11.3 Å². The van der Waals surface area contributed by atoms with Gasteiger partial charge in [-0.25, -0.2) is 4.98 Å². The number of carbonyl (C=O) groups is 1. The highest BCUT2D eigenvalue weighted by molar-refractivity contribution is 9.10. The van der Waals surface area contributed by atoms with E-state index >= 15 is 0 Å². The summed E-state index contributed by atoms with van der Waals surface area (Å²) in [5.41, 5.74) is 4.92. The molecule has 0 bridgehead atoms. The van der Waals surface area contributed by atoms with Crippen LogP contribution >= 0.6 is 31.9 Å². The van der Waals surface area contributed by atoms with Crippen molar-refractivity contribution in [2.24, 2.45) is 0 Å². The summed E-state index contributed by atoms with van der Waals surface area (Å²) in [5, 5.41) is 6.03. The van der Waals surface area contributed by atoms with Crippen molar-refractivity contribution in [3.05, 3.63) is 105 Å². The van der Waals surface area contributed by atoms with Crippen molar-refractivity contribution in [1.29, 1.82) is 0 Å². The quantitative estimate of drug-likeness (QED) is 0.248. The molecule has 0 saturated carbocycles. The monoisotopic (exact) mass is 544 g/mol. The van der Waals surface area contributed by atoms with E-state index in [0.29, 0.717) is 5.56 Å². The number of pyridine rings is 1. The van der Waals surface area contributed by atoms with Crippen LogP contribution in [0.25, 0.3) is 32.9 Å². The van der Waals surface area contributed by atoms with Gasteiger partial charge in [0.25, 0.3) is 5.91 Å². The number of nitrogens with zero attached hydrogens (tertiary/aromatic N) is 1. The molecular weight excluding hydrogens is 528 g/mol. The van der Waals surface area contributed by atoms with Gasteiger partial charge in [0, 0.05) is 31.0 Å². The average molecular weight is 546 g/mol. The van der Waals surface area contributed by atoms with Crippen molar-refractivity contribution in [1.82, 2.24) is 4.98 Å². The Hall–Kier alpha value is -3.02. The van der Waals surface area contributed by atoms with Crippen LogP contribution in [0.4, 0.5) is 5.69 Å². The van der Waals surface area contributed by atoms with Gasteiger partial charge in [-0.2, -0.15) is 0 Å². The van der Waals surface area contributed by atoms with Gasteiger partial charge in [-0.15, -0.1) is 0 Å². The van der Waals surface area contributed by atoms with E-state index in [2.05, 4.69) is 37.2 Å². The number of carbonyl (C=O) groups excluding carboxylic acids is 1. The highest BCUT2D eigenvalue weighted by atomic mass is 79.9. The van der Waals surface area contributed by atoms with E-state index in [1.807, 2.05) is 91.9 Å². The normalized spacial score (nSPS) is 11.1. The summed E-state index contributed by atoms with van der Waals surface area (Å²) < 4.78 is 1.91. The summed E-state index contributed by atoms with van der Waals surface area (Å²) in [4.78, 5) is 18.5. The summed E-state index contributed by atoms with van der Waals surface area (Å²) in [6.07, 6.45) is 0. The van der Waals surface area contributed by atoms with Crippen LogP contribution in [0.1, 0.15) is 15.9 Å². The lowest BCUT2D eigenvalue weighted by Crippen LogP contribution is -2.13. The molecule has 32 heavy (non-hydrogen) atoms. The third kappa shape index (κ3) is 3.94. The number of hydrogen-bond acceptors (Lipinski definition) is 2. The second kappa shape index (κ2) is 8.49. The zero-order valence-corrected chi connectivity index (χ0v) is 20.4. The van der Waals surface area contributed by atoms with Crippen molar-refractivity contribution in [3.63, 3.8) is 0 Å². The van der Waals surface area contributed by atoms with Gasteiger partial charge < -0.3 is 5.32 Å². The number of rotatable bonds is 3. The molecule has 0 aliphatic rings. The topological polar surface area (TPSA) is 42.0 Å². The molecule has 1 heterocycles. The van der Waals surface area contributed by atoms with Gasteiger partial charge in [-0.05, 0) is 54.3 Å². The van der Waals surface area contributed by atoms with Gasteiger partial charge in [0.05, 0.1) is 16.8 Å². The largest absolute Gasteiger partial charge is 0.321 e. The standard InChI is InChI=1S/C27H18Br2N2O/c1-16-13-20(29)14-22-23(15-25(30-26(16)22)18-9-11-19(28)12-10-18)27(32)31-24-8-4-6-17-5-2-3-7-21(17)24/h2-15H,1H3,(H,31,32). The van der Waals surface area contributed by atoms with Crippen LogP contribution < -0.4 is 5.32 Å². The summed E-state index contributed by atoms with van der Waals surface area (Å²) in [7, 11) is 0. The number of aromatic nitrogens is 1. The van der Waals surface area contributed by atoms with Crippen LogP contribution in [0.2, 0.25) is 0 Å². The van der Waals surface area contributed by atoms with E-state index in [-0.39, 0.29) is 5.91 Å². The van der Waals surface area contributed by atoms with Crippen molar-refractivity contribution < 1.29 is 4.79 Å². The Labute approximate surface area is 202 Å². The number of anilines is 1. The molecule has 0 radical (unpaired) electrons. The Kier molecular flexibility index (Phi) is 5.53. The molecule has 1 N–H and O–H groups in total. The third-order valence-electron chi connectivity index (χ3n) is 5.49. The lowest BCUT2D eigenvalue weighted by atomic mass is 10.0. The molecule has 0 spiro atoms. The zero-order chi connectivity index (χ0) is 22.2. The van der Waals surface area contributed by atoms with E-state index in [9.17, 15) is 4.79 Å². The molecule has 0 aliphatic carbocycles. The zero-order valence-electron chi connectivity index (χ0n) is 17.2. The average Bonchev–Trinajstić information content (AvgIpc) is 2.79. The summed E-state index contributed by atoms with van der Waals surface area (Å²) in [6, 6.07) is 27.8. The van der Waals surface area contributed by atoms with Gasteiger partial charge >= 0.3 is 0 Å². The molecule has 5 rings (SSSR count). The summed E-state index contributed by atoms with van der Waals surface area (Å²) >= 11 is 7.05. The lowest BCUT2D eigenvalue weighted by molar-refractivity contribution is 0.102. The van der Waals surface area contributed by atoms with Crippen LogP contribution in [-0.4, -0.2) is 10.9 Å². The molecule has 0 saturated heterocycles. The molecule has 0 atom stereocenters. The number of hydrogen-bond donors (Lipinski definition) is 1. The second-order valence-electron chi connectivity index (χ2n) is 7.66. The molecule has 0 fully saturated rings. The number of nitrogens with one attached hydrogen (secondary N) is 1. The first kappa shape index (κ1) is 20.9. The molecule has 4 aromatic carbocycles. The molecule has 1 aromatic heterocycles. The highest BCUT2D eigenvalue weighted by Crippen LogP contribution is 2.31. The number of fused-ring (bicyclic) bond motifs is 2. The lowest BCUT2D eigenvalue weighted by Gasteiger charge is -2.14. The Morgan fingerprint density at radius 3 is 2.38 bits per heavy atom. The van der Waals surface area contributed by atoms with E-state index in [1.54, 1.807) is 0 Å². The van der Waals surface area contributed by atoms with Crippen LogP contribution in [0.3, 0.4) is 0 Å². The molecular formula is C27H18Br2N2O. The van der Waals surface area contributed by atoms with Crippen LogP contribution in [0.15, 0.2) is 93.9 Å². The smallest absolute Gasteiger partial charge is 0.256 e. The fourth-order valence-corrected chi connectivity index (χ4v) is 4.77. The van der Waals surface area contributed by atoms with Gasteiger partial charge in [-0.3, -0.25) is 4.79 Å². The maximum Gasteiger partial charge on any atom is 0.256 e. The predicted octanol–water partition coefficient (Wildman–Crippen LogP) is 8.14. The summed E-state index contributed by atoms with van der Waals surface area (Å²) in [6.45, 7) is 2.01. The number of amides is 1.